The predicted octanol–water partition coefficient (Wildman–Crippen LogP) is 1.17. The Bertz CT molecular complexity index is 434. The van der Waals surface area contributed by atoms with Gasteiger partial charge in [-0.2, -0.15) is 0 Å². The number of carbonyl (C=O) groups is 1. The Morgan fingerprint density at radius 3 is 2.68 bits per heavy atom. The van der Waals surface area contributed by atoms with Crippen molar-refractivity contribution in [3.05, 3.63) is 4.88 Å². The van der Waals surface area contributed by atoms with Crippen LogP contribution in [0.5, 0.6) is 5.75 Å². The molecule has 0 saturated carbocycles. The second-order valence-corrected chi connectivity index (χ2v) is 4.96. The Kier molecular flexibility index (Phi) is 5.91. The molecule has 1 amide bonds. The standard InChI is InChI=1S/C12H21N3O3S/c1-5-14-11(16)10-8(13)9(18-4)12(19-10)15(2)6-7-17-3/h5-7,13H2,1-4H3,(H,14,16). The van der Waals surface area contributed by atoms with E-state index in [2.05, 4.69) is 5.32 Å². The number of nitrogens with one attached hydrogen (secondary N) is 1. The van der Waals surface area contributed by atoms with Gasteiger partial charge in [0.25, 0.3) is 5.91 Å². The van der Waals surface area contributed by atoms with Gasteiger partial charge in [-0.25, -0.2) is 0 Å². The minimum atomic E-state index is -0.172. The zero-order chi connectivity index (χ0) is 14.4. The molecule has 1 aromatic heterocycles. The van der Waals surface area contributed by atoms with E-state index in [0.29, 0.717) is 36.0 Å². The first-order valence-electron chi connectivity index (χ1n) is 6.01. The summed E-state index contributed by atoms with van der Waals surface area (Å²) >= 11 is 1.33. The van der Waals surface area contributed by atoms with Gasteiger partial charge in [0.2, 0.25) is 0 Å². The maximum Gasteiger partial charge on any atom is 0.263 e. The van der Waals surface area contributed by atoms with E-state index in [1.54, 1.807) is 14.2 Å². The molecule has 0 fully saturated rings. The van der Waals surface area contributed by atoms with Crippen LogP contribution in [0.2, 0.25) is 0 Å². The van der Waals surface area contributed by atoms with Crippen molar-refractivity contribution in [3.8, 4) is 5.75 Å². The molecule has 19 heavy (non-hydrogen) atoms. The first-order chi connectivity index (χ1) is 9.06. The highest BCUT2D eigenvalue weighted by Crippen LogP contribution is 2.44. The van der Waals surface area contributed by atoms with E-state index in [0.717, 1.165) is 5.00 Å². The molecule has 0 aliphatic heterocycles. The van der Waals surface area contributed by atoms with Crippen LogP contribution in [0.1, 0.15) is 16.6 Å². The van der Waals surface area contributed by atoms with Gasteiger partial charge in [-0.05, 0) is 6.92 Å². The molecular weight excluding hydrogens is 266 g/mol. The van der Waals surface area contributed by atoms with Gasteiger partial charge in [-0.1, -0.05) is 0 Å². The minimum Gasteiger partial charge on any atom is -0.492 e. The first kappa shape index (κ1) is 15.6. The van der Waals surface area contributed by atoms with Crippen molar-refractivity contribution in [1.29, 1.82) is 0 Å². The van der Waals surface area contributed by atoms with Gasteiger partial charge in [-0.3, -0.25) is 4.79 Å². The van der Waals surface area contributed by atoms with Crippen LogP contribution in [0.4, 0.5) is 10.7 Å². The number of nitrogens with zero attached hydrogens (tertiary/aromatic N) is 1. The smallest absolute Gasteiger partial charge is 0.263 e. The summed E-state index contributed by atoms with van der Waals surface area (Å²) in [7, 11) is 5.11. The molecule has 0 spiro atoms. The number of hydrogen-bond acceptors (Lipinski definition) is 6. The van der Waals surface area contributed by atoms with Crippen LogP contribution < -0.4 is 20.7 Å². The maximum atomic E-state index is 11.9. The van der Waals surface area contributed by atoms with Crippen LogP contribution in [-0.4, -0.2) is 46.9 Å². The summed E-state index contributed by atoms with van der Waals surface area (Å²) in [4.78, 5) is 14.4. The molecule has 0 radical (unpaired) electrons. The molecule has 1 rings (SSSR count). The summed E-state index contributed by atoms with van der Waals surface area (Å²) < 4.78 is 10.4. The van der Waals surface area contributed by atoms with Gasteiger partial charge in [-0.15, -0.1) is 11.3 Å². The molecule has 0 atom stereocenters. The van der Waals surface area contributed by atoms with E-state index in [1.807, 2.05) is 18.9 Å². The summed E-state index contributed by atoms with van der Waals surface area (Å²) in [6.45, 7) is 3.72. The van der Waals surface area contributed by atoms with Crippen LogP contribution in [0.15, 0.2) is 0 Å². The Hall–Kier alpha value is -1.47. The monoisotopic (exact) mass is 287 g/mol. The molecule has 0 saturated heterocycles. The van der Waals surface area contributed by atoms with E-state index in [9.17, 15) is 4.79 Å². The number of ether oxygens (including phenoxy) is 2. The number of hydrogen-bond donors (Lipinski definition) is 2. The van der Waals surface area contributed by atoms with Crippen LogP contribution in [-0.2, 0) is 4.74 Å². The minimum absolute atomic E-state index is 0.172. The number of thiophene rings is 1. The summed E-state index contributed by atoms with van der Waals surface area (Å²) in [5, 5.41) is 3.57. The fraction of sp³-hybridized carbons (Fsp3) is 0.583. The average Bonchev–Trinajstić information content (AvgIpc) is 2.73. The van der Waals surface area contributed by atoms with Gasteiger partial charge >= 0.3 is 0 Å². The predicted molar refractivity (Wildman–Crippen MR) is 78.4 cm³/mol. The lowest BCUT2D eigenvalue weighted by atomic mass is 10.3. The second kappa shape index (κ2) is 7.20. The molecule has 3 N–H and O–H groups in total. The Morgan fingerprint density at radius 1 is 1.47 bits per heavy atom. The molecule has 0 aliphatic carbocycles. The SMILES string of the molecule is CCNC(=O)c1sc(N(C)CCOC)c(OC)c1N. The topological polar surface area (TPSA) is 76.8 Å². The summed E-state index contributed by atoms with van der Waals surface area (Å²) in [6.07, 6.45) is 0. The molecular formula is C12H21N3O3S. The van der Waals surface area contributed by atoms with Crippen molar-refractivity contribution in [2.24, 2.45) is 0 Å². The second-order valence-electron chi connectivity index (χ2n) is 3.96. The molecule has 108 valence electrons. The van der Waals surface area contributed by atoms with E-state index >= 15 is 0 Å². The average molecular weight is 287 g/mol. The van der Waals surface area contributed by atoms with Crippen LogP contribution in [0, 0.1) is 0 Å². The van der Waals surface area contributed by atoms with Crippen LogP contribution in [0.3, 0.4) is 0 Å². The van der Waals surface area contributed by atoms with Crippen molar-refractivity contribution in [1.82, 2.24) is 5.32 Å². The molecule has 0 aliphatic rings. The van der Waals surface area contributed by atoms with Crippen LogP contribution in [0.25, 0.3) is 0 Å². The Labute approximate surface area is 117 Å². The van der Waals surface area contributed by atoms with Crippen molar-refractivity contribution in [2.75, 3.05) is 51.6 Å². The quantitative estimate of drug-likeness (QED) is 0.787. The number of methoxy groups -OCH3 is 2. The Balaban J connectivity index is 3.04. The molecule has 6 nitrogen and oxygen atoms in total. The number of anilines is 2. The molecule has 0 unspecified atom stereocenters. The molecule has 1 aromatic rings. The first-order valence-corrected chi connectivity index (χ1v) is 6.82. The zero-order valence-corrected chi connectivity index (χ0v) is 12.6. The van der Waals surface area contributed by atoms with Gasteiger partial charge in [0, 0.05) is 27.2 Å². The van der Waals surface area contributed by atoms with Crippen molar-refractivity contribution in [2.45, 2.75) is 6.92 Å². The summed E-state index contributed by atoms with van der Waals surface area (Å²) in [5.74, 6) is 0.375. The lowest BCUT2D eigenvalue weighted by Gasteiger charge is -2.17. The highest BCUT2D eigenvalue weighted by atomic mass is 32.1. The van der Waals surface area contributed by atoms with Crippen molar-refractivity contribution >= 4 is 27.9 Å². The van der Waals surface area contributed by atoms with E-state index in [1.165, 1.54) is 11.3 Å². The lowest BCUT2D eigenvalue weighted by Crippen LogP contribution is -2.22. The third-order valence-corrected chi connectivity index (χ3v) is 3.91. The van der Waals surface area contributed by atoms with Crippen LogP contribution >= 0.6 is 11.3 Å². The van der Waals surface area contributed by atoms with E-state index < -0.39 is 0 Å². The highest BCUT2D eigenvalue weighted by Gasteiger charge is 2.23. The third kappa shape index (κ3) is 3.51. The molecule has 7 heteroatoms. The van der Waals surface area contributed by atoms with E-state index in [-0.39, 0.29) is 5.91 Å². The number of nitrogen functional groups attached to an aromatic ring is 1. The number of rotatable bonds is 7. The number of likely N-dealkylation sites (N-methyl/N-ethyl adjacent to an activating group) is 1. The normalized spacial score (nSPS) is 10.3. The number of carbonyl (C=O) groups excluding carboxylic acids is 1. The van der Waals surface area contributed by atoms with Gasteiger partial charge in [0.05, 0.1) is 13.7 Å². The maximum absolute atomic E-state index is 11.9. The molecule has 0 bridgehead atoms. The summed E-state index contributed by atoms with van der Waals surface area (Å²) in [5.41, 5.74) is 6.37. The molecule has 0 aromatic carbocycles. The number of amides is 1. The van der Waals surface area contributed by atoms with Crippen molar-refractivity contribution < 1.29 is 14.3 Å². The fourth-order valence-electron chi connectivity index (χ4n) is 1.60. The van der Waals surface area contributed by atoms with Crippen molar-refractivity contribution in [3.63, 3.8) is 0 Å². The van der Waals surface area contributed by atoms with Gasteiger partial charge in [0.1, 0.15) is 15.6 Å². The highest BCUT2D eigenvalue weighted by molar-refractivity contribution is 7.19. The number of nitrogens with two attached hydrogens (primary N) is 1. The Morgan fingerprint density at radius 2 is 2.16 bits per heavy atom. The fourth-order valence-corrected chi connectivity index (χ4v) is 2.70. The van der Waals surface area contributed by atoms with E-state index in [4.69, 9.17) is 15.2 Å². The molecule has 1 heterocycles. The lowest BCUT2D eigenvalue weighted by molar-refractivity contribution is 0.0960. The largest absolute Gasteiger partial charge is 0.492 e. The van der Waals surface area contributed by atoms with Gasteiger partial charge < -0.3 is 25.4 Å². The third-order valence-electron chi connectivity index (χ3n) is 2.61. The summed E-state index contributed by atoms with van der Waals surface area (Å²) in [6, 6.07) is 0. The van der Waals surface area contributed by atoms with Gasteiger partial charge in [0.15, 0.2) is 5.75 Å². The zero-order valence-electron chi connectivity index (χ0n) is 11.8.